The van der Waals surface area contributed by atoms with Crippen molar-refractivity contribution >= 4 is 33.8 Å². The number of pyridine rings is 1. The van der Waals surface area contributed by atoms with Gasteiger partial charge in [0.2, 0.25) is 5.89 Å². The first kappa shape index (κ1) is 31.2. The molecular weight excluding hydrogens is 566 g/mol. The van der Waals surface area contributed by atoms with Crippen molar-refractivity contribution in [3.8, 4) is 28.3 Å². The molecule has 234 valence electrons. The van der Waals surface area contributed by atoms with Crippen LogP contribution >= 0.6 is 0 Å². The Balaban J connectivity index is 1.51. The van der Waals surface area contributed by atoms with E-state index in [0.717, 1.165) is 49.7 Å². The summed E-state index contributed by atoms with van der Waals surface area (Å²) in [6.45, 7) is 19.5. The summed E-state index contributed by atoms with van der Waals surface area (Å²) < 4.78 is 6.56. The molecule has 0 saturated heterocycles. The number of para-hydroxylation sites is 1. The monoisotopic (exact) mass is 609 g/mol. The fraction of sp³-hybridized carbons (Fsp3) is 0.293. The van der Waals surface area contributed by atoms with Crippen LogP contribution in [0.3, 0.4) is 0 Å². The molecule has 5 heteroatoms. The van der Waals surface area contributed by atoms with E-state index in [4.69, 9.17) is 14.4 Å². The van der Waals surface area contributed by atoms with Gasteiger partial charge in [-0.2, -0.15) is 0 Å². The van der Waals surface area contributed by atoms with Gasteiger partial charge in [0.05, 0.1) is 11.3 Å². The van der Waals surface area contributed by atoms with Crippen LogP contribution in [0.1, 0.15) is 84.6 Å². The number of aliphatic imine (C=N–C) groups is 1. The highest BCUT2D eigenvalue weighted by molar-refractivity contribution is 6.03. The molecule has 6 rings (SSSR count). The number of aromatic nitrogens is 2. The minimum atomic E-state index is -0.228. The van der Waals surface area contributed by atoms with Crippen LogP contribution in [-0.2, 0) is 16.2 Å². The summed E-state index contributed by atoms with van der Waals surface area (Å²) in [6, 6.07) is 24.7. The number of hydrogen-bond acceptors (Lipinski definition) is 5. The normalized spacial score (nSPS) is 12.9. The molecule has 2 aromatic heterocycles. The average molecular weight is 610 g/mol. The van der Waals surface area contributed by atoms with Crippen molar-refractivity contribution in [2.45, 2.75) is 78.6 Å². The van der Waals surface area contributed by atoms with Crippen molar-refractivity contribution in [1.29, 1.82) is 0 Å². The van der Waals surface area contributed by atoms with Crippen molar-refractivity contribution in [1.82, 2.24) is 9.97 Å². The highest BCUT2D eigenvalue weighted by Crippen LogP contribution is 2.41. The number of benzene rings is 4. The smallest absolute Gasteiger partial charge is 0.229 e. The third kappa shape index (κ3) is 5.94. The quantitative estimate of drug-likeness (QED) is 0.202. The fourth-order valence-corrected chi connectivity index (χ4v) is 5.81. The van der Waals surface area contributed by atoms with Gasteiger partial charge < -0.3 is 9.52 Å². The van der Waals surface area contributed by atoms with E-state index >= 15 is 0 Å². The van der Waals surface area contributed by atoms with E-state index in [-0.39, 0.29) is 22.0 Å². The first-order valence-electron chi connectivity index (χ1n) is 15.9. The summed E-state index contributed by atoms with van der Waals surface area (Å²) in [5.74, 6) is 0.758. The summed E-state index contributed by atoms with van der Waals surface area (Å²) in [5.41, 5.74) is 8.62. The summed E-state index contributed by atoms with van der Waals surface area (Å²) in [6.07, 6.45) is 5.48. The molecule has 0 spiro atoms. The molecule has 0 amide bonds. The highest BCUT2D eigenvalue weighted by Gasteiger charge is 2.25. The van der Waals surface area contributed by atoms with E-state index in [1.54, 1.807) is 6.21 Å². The lowest BCUT2D eigenvalue weighted by molar-refractivity contribution is 0.444. The second kappa shape index (κ2) is 11.2. The zero-order valence-electron chi connectivity index (χ0n) is 28.4. The Morgan fingerprint density at radius 2 is 1.41 bits per heavy atom. The third-order valence-electron chi connectivity index (χ3n) is 8.62. The zero-order valence-corrected chi connectivity index (χ0v) is 28.4. The fourth-order valence-electron chi connectivity index (χ4n) is 5.81. The zero-order chi connectivity index (χ0) is 33.0. The number of phenols is 1. The molecule has 0 fully saturated rings. The van der Waals surface area contributed by atoms with Gasteiger partial charge in [0.15, 0.2) is 5.58 Å². The Morgan fingerprint density at radius 1 is 0.717 bits per heavy atom. The van der Waals surface area contributed by atoms with E-state index < -0.39 is 0 Å². The first-order chi connectivity index (χ1) is 21.6. The van der Waals surface area contributed by atoms with Gasteiger partial charge in [0.1, 0.15) is 11.3 Å². The van der Waals surface area contributed by atoms with E-state index in [1.165, 1.54) is 5.56 Å². The molecular formula is C41H43N3O2. The van der Waals surface area contributed by atoms with Crippen LogP contribution in [0.25, 0.3) is 44.5 Å². The Hall–Kier alpha value is -4.77. The van der Waals surface area contributed by atoms with Gasteiger partial charge in [0.25, 0.3) is 0 Å². The molecule has 0 saturated carbocycles. The maximum Gasteiger partial charge on any atom is 0.229 e. The first-order valence-corrected chi connectivity index (χ1v) is 15.9. The lowest BCUT2D eigenvalue weighted by atomic mass is 9.79. The molecule has 1 N–H and O–H groups in total. The van der Waals surface area contributed by atoms with Gasteiger partial charge in [-0.1, -0.05) is 98.7 Å². The van der Waals surface area contributed by atoms with Crippen LogP contribution in [-0.4, -0.2) is 21.3 Å². The van der Waals surface area contributed by atoms with Gasteiger partial charge in [-0.25, -0.2) is 4.98 Å². The maximum atomic E-state index is 11.4. The van der Waals surface area contributed by atoms with E-state index in [2.05, 4.69) is 110 Å². The number of rotatable bonds is 4. The molecule has 0 radical (unpaired) electrons. The molecule has 0 unspecified atom stereocenters. The Morgan fingerprint density at radius 3 is 2.13 bits per heavy atom. The summed E-state index contributed by atoms with van der Waals surface area (Å²) in [5, 5.41) is 13.5. The van der Waals surface area contributed by atoms with E-state index in [1.807, 2.05) is 42.7 Å². The second-order valence-electron chi connectivity index (χ2n) is 15.3. The van der Waals surface area contributed by atoms with Gasteiger partial charge >= 0.3 is 0 Å². The number of aromatic hydroxyl groups is 1. The molecule has 46 heavy (non-hydrogen) atoms. The predicted octanol–water partition coefficient (Wildman–Crippen LogP) is 11.1. The van der Waals surface area contributed by atoms with Crippen molar-refractivity contribution in [3.63, 3.8) is 0 Å². The molecule has 0 atom stereocenters. The third-order valence-corrected chi connectivity index (χ3v) is 8.62. The van der Waals surface area contributed by atoms with Crippen LogP contribution in [0.15, 0.2) is 94.6 Å². The average Bonchev–Trinajstić information content (AvgIpc) is 3.43. The molecule has 0 aliphatic heterocycles. The topological polar surface area (TPSA) is 71.5 Å². The van der Waals surface area contributed by atoms with Crippen LogP contribution in [0, 0.1) is 0 Å². The van der Waals surface area contributed by atoms with Gasteiger partial charge in [-0.3, -0.25) is 9.98 Å². The van der Waals surface area contributed by atoms with Gasteiger partial charge in [0, 0.05) is 40.7 Å². The number of fused-ring (bicyclic) bond motifs is 2. The lowest BCUT2D eigenvalue weighted by Crippen LogP contribution is -2.17. The number of nitrogens with zero attached hydrogens (tertiary/aromatic N) is 3. The molecule has 0 bridgehead atoms. The van der Waals surface area contributed by atoms with E-state index in [9.17, 15) is 5.11 Å². The largest absolute Gasteiger partial charge is 0.507 e. The van der Waals surface area contributed by atoms with Crippen LogP contribution in [0.2, 0.25) is 0 Å². The number of hydrogen-bond donors (Lipinski definition) is 1. The highest BCUT2D eigenvalue weighted by atomic mass is 16.3. The Labute approximate surface area is 272 Å². The maximum absolute atomic E-state index is 11.4. The predicted molar refractivity (Wildman–Crippen MR) is 192 cm³/mol. The minimum absolute atomic E-state index is 0.0867. The van der Waals surface area contributed by atoms with Crippen LogP contribution in [0.5, 0.6) is 5.75 Å². The van der Waals surface area contributed by atoms with Crippen molar-refractivity contribution in [2.75, 3.05) is 0 Å². The Kier molecular flexibility index (Phi) is 7.63. The minimum Gasteiger partial charge on any atom is -0.507 e. The van der Waals surface area contributed by atoms with Crippen molar-refractivity contribution in [2.24, 2.45) is 4.99 Å². The molecule has 2 heterocycles. The number of oxazole rings is 1. The summed E-state index contributed by atoms with van der Waals surface area (Å²) in [7, 11) is 0. The molecule has 6 aromatic rings. The van der Waals surface area contributed by atoms with E-state index in [0.29, 0.717) is 17.1 Å². The molecule has 0 aliphatic carbocycles. The lowest BCUT2D eigenvalue weighted by Gasteiger charge is -2.27. The molecule has 4 aromatic carbocycles. The van der Waals surface area contributed by atoms with Crippen LogP contribution in [0.4, 0.5) is 5.69 Å². The molecule has 5 nitrogen and oxygen atoms in total. The van der Waals surface area contributed by atoms with Crippen molar-refractivity contribution in [3.05, 3.63) is 107 Å². The summed E-state index contributed by atoms with van der Waals surface area (Å²) in [4.78, 5) is 14.4. The molecule has 0 aliphatic rings. The van der Waals surface area contributed by atoms with Gasteiger partial charge in [-0.05, 0) is 74.7 Å². The van der Waals surface area contributed by atoms with Crippen molar-refractivity contribution < 1.29 is 9.52 Å². The standard InChI is InChI=1S/C41H43N3O2/c1-39(2,3)27-19-26(37(45)33(21-27)41(7,8)9)24-43-34-16-11-10-14-31(34)38-44-36-32(20-28(40(4,5)6)22-35(36)46-38)30-15-12-13-25-23-42-18-17-29(25)30/h10-24,45H,1-9H3. The number of phenolic OH excluding ortho intramolecular Hbond substituents is 1. The summed E-state index contributed by atoms with van der Waals surface area (Å²) >= 11 is 0. The van der Waals surface area contributed by atoms with Crippen LogP contribution < -0.4 is 0 Å². The second-order valence-corrected chi connectivity index (χ2v) is 15.3. The SMILES string of the molecule is CC(C)(C)c1cc(C=Nc2ccccc2-c2nc3c(-c4cccc5cnccc45)cc(C(C)(C)C)cc3o2)c(O)c(C(C)(C)C)c1. The van der Waals surface area contributed by atoms with Gasteiger partial charge in [-0.15, -0.1) is 0 Å². The Bertz CT molecular complexity index is 2110.